The van der Waals surface area contributed by atoms with E-state index in [9.17, 15) is 19.8 Å². The summed E-state index contributed by atoms with van der Waals surface area (Å²) >= 11 is 0. The van der Waals surface area contributed by atoms with Gasteiger partial charge in [-0.15, -0.1) is 0 Å². The van der Waals surface area contributed by atoms with Gasteiger partial charge in [-0.3, -0.25) is 9.59 Å². The number of carbonyl (C=O) groups is 2. The molecule has 1 unspecified atom stereocenters. The minimum atomic E-state index is -0.219. The first-order valence-corrected chi connectivity index (χ1v) is 10.0. The van der Waals surface area contributed by atoms with E-state index in [0.29, 0.717) is 12.6 Å². The highest BCUT2D eigenvalue weighted by Crippen LogP contribution is 2.37. The third-order valence-corrected chi connectivity index (χ3v) is 6.22. The molecule has 3 aromatic rings. The molecular weight excluding hydrogens is 368 g/mol. The van der Waals surface area contributed by atoms with Crippen molar-refractivity contribution in [2.24, 2.45) is 0 Å². The van der Waals surface area contributed by atoms with E-state index in [-0.39, 0.29) is 34.2 Å². The van der Waals surface area contributed by atoms with Crippen molar-refractivity contribution in [3.8, 4) is 11.5 Å². The van der Waals surface area contributed by atoms with Gasteiger partial charge in [-0.25, -0.2) is 0 Å². The molecule has 152 valence electrons. The molecule has 0 radical (unpaired) electrons. The molecule has 1 aromatic heterocycles. The first kappa shape index (κ1) is 19.5. The molecule has 6 nitrogen and oxygen atoms in total. The van der Waals surface area contributed by atoms with Crippen molar-refractivity contribution in [2.75, 3.05) is 13.6 Å². The number of phenolic OH excluding ortho intramolecular Hbond substituents is 2. The predicted molar refractivity (Wildman–Crippen MR) is 113 cm³/mol. The lowest BCUT2D eigenvalue weighted by atomic mass is 10.0. The molecule has 1 fully saturated rings. The zero-order chi connectivity index (χ0) is 20.9. The SMILES string of the molecule is CC(=O)c1cc2c3cc(C(C)=O)c(O)cc3n(CCC3CCCN3C)c2cc1O. The van der Waals surface area contributed by atoms with Gasteiger partial charge in [0.25, 0.3) is 0 Å². The fourth-order valence-corrected chi connectivity index (χ4v) is 4.59. The third-order valence-electron chi connectivity index (χ3n) is 6.22. The summed E-state index contributed by atoms with van der Waals surface area (Å²) in [6, 6.07) is 7.12. The second-order valence-corrected chi connectivity index (χ2v) is 8.10. The Morgan fingerprint density at radius 2 is 1.48 bits per heavy atom. The fourth-order valence-electron chi connectivity index (χ4n) is 4.59. The molecule has 1 saturated heterocycles. The summed E-state index contributed by atoms with van der Waals surface area (Å²) in [5, 5.41) is 22.4. The summed E-state index contributed by atoms with van der Waals surface area (Å²) in [6.07, 6.45) is 3.30. The van der Waals surface area contributed by atoms with E-state index >= 15 is 0 Å². The van der Waals surface area contributed by atoms with Gasteiger partial charge in [-0.1, -0.05) is 0 Å². The van der Waals surface area contributed by atoms with E-state index in [2.05, 4.69) is 16.5 Å². The molecule has 0 saturated carbocycles. The number of likely N-dealkylation sites (tertiary alicyclic amines) is 1. The largest absolute Gasteiger partial charge is 0.507 e. The minimum absolute atomic E-state index is 0.0527. The van der Waals surface area contributed by atoms with Crippen LogP contribution in [0.15, 0.2) is 24.3 Å². The molecule has 6 heteroatoms. The lowest BCUT2D eigenvalue weighted by Gasteiger charge is -2.20. The maximum Gasteiger partial charge on any atom is 0.163 e. The van der Waals surface area contributed by atoms with E-state index in [1.807, 2.05) is 0 Å². The Labute approximate surface area is 169 Å². The van der Waals surface area contributed by atoms with Gasteiger partial charge in [-0.2, -0.15) is 0 Å². The standard InChI is InChI=1S/C23H26N2O4/c1-13(26)16-9-18-19-10-17(14(2)27)23(29)12-21(19)25(20(18)11-22(16)28)8-6-15-5-4-7-24(15)3/h9-12,15,28-29H,4-8H2,1-3H3. The molecule has 2 N–H and O–H groups in total. The zero-order valence-electron chi connectivity index (χ0n) is 17.0. The van der Waals surface area contributed by atoms with Crippen LogP contribution in [0.4, 0.5) is 0 Å². The summed E-state index contributed by atoms with van der Waals surface area (Å²) in [5.74, 6) is -0.544. The van der Waals surface area contributed by atoms with Gasteiger partial charge < -0.3 is 19.7 Å². The third kappa shape index (κ3) is 3.27. The Kier molecular flexibility index (Phi) is 4.82. The van der Waals surface area contributed by atoms with Crippen molar-refractivity contribution in [2.45, 2.75) is 45.7 Å². The number of aromatic nitrogens is 1. The second kappa shape index (κ2) is 7.19. The van der Waals surface area contributed by atoms with Crippen LogP contribution in [0.5, 0.6) is 11.5 Å². The quantitative estimate of drug-likeness (QED) is 0.637. The summed E-state index contributed by atoms with van der Waals surface area (Å²) in [5.41, 5.74) is 2.10. The Hall–Kier alpha value is -2.86. The van der Waals surface area contributed by atoms with Crippen molar-refractivity contribution in [1.29, 1.82) is 0 Å². The highest BCUT2D eigenvalue weighted by atomic mass is 16.3. The molecule has 1 aliphatic heterocycles. The molecule has 2 aromatic carbocycles. The number of nitrogens with zero attached hydrogens (tertiary/aromatic N) is 2. The number of benzene rings is 2. The molecule has 29 heavy (non-hydrogen) atoms. The monoisotopic (exact) mass is 394 g/mol. The number of aromatic hydroxyl groups is 2. The maximum absolute atomic E-state index is 12.0. The van der Waals surface area contributed by atoms with Gasteiger partial charge in [0, 0.05) is 35.5 Å². The molecule has 0 aliphatic carbocycles. The van der Waals surface area contributed by atoms with Crippen LogP contribution in [0, 0.1) is 0 Å². The average molecular weight is 394 g/mol. The zero-order valence-corrected chi connectivity index (χ0v) is 17.0. The van der Waals surface area contributed by atoms with Gasteiger partial charge >= 0.3 is 0 Å². The number of rotatable bonds is 5. The number of ketones is 2. The first-order valence-electron chi connectivity index (χ1n) is 10.0. The average Bonchev–Trinajstić information content (AvgIpc) is 3.18. The second-order valence-electron chi connectivity index (χ2n) is 8.10. The summed E-state index contributed by atoms with van der Waals surface area (Å²) in [7, 11) is 2.14. The molecule has 2 heterocycles. The topological polar surface area (TPSA) is 82.8 Å². The fraction of sp³-hybridized carbons (Fsp3) is 0.391. The number of Topliss-reactive ketones (excluding diaryl/α,β-unsaturated/α-hetero) is 2. The Morgan fingerprint density at radius 3 is 1.90 bits per heavy atom. The van der Waals surface area contributed by atoms with Gasteiger partial charge in [0.1, 0.15) is 11.5 Å². The summed E-state index contributed by atoms with van der Waals surface area (Å²) < 4.78 is 2.07. The Bertz CT molecular complexity index is 1070. The number of phenols is 2. The van der Waals surface area contributed by atoms with Crippen molar-refractivity contribution in [1.82, 2.24) is 9.47 Å². The molecule has 0 amide bonds. The summed E-state index contributed by atoms with van der Waals surface area (Å²) in [6.45, 7) is 4.65. The lowest BCUT2D eigenvalue weighted by Crippen LogP contribution is -2.26. The van der Waals surface area contributed by atoms with Crippen molar-refractivity contribution in [3.05, 3.63) is 35.4 Å². The lowest BCUT2D eigenvalue weighted by molar-refractivity contribution is 0.100. The van der Waals surface area contributed by atoms with Crippen LogP contribution in [0.1, 0.15) is 53.8 Å². The molecule has 1 aliphatic rings. The molecular formula is C23H26N2O4. The van der Waals surface area contributed by atoms with Crippen LogP contribution in [-0.4, -0.2) is 50.9 Å². The normalized spacial score (nSPS) is 17.4. The molecule has 4 rings (SSSR count). The number of hydrogen-bond acceptors (Lipinski definition) is 5. The Morgan fingerprint density at radius 1 is 0.966 bits per heavy atom. The van der Waals surface area contributed by atoms with Gasteiger partial charge in [0.2, 0.25) is 0 Å². The number of fused-ring (bicyclic) bond motifs is 3. The van der Waals surface area contributed by atoms with Crippen LogP contribution < -0.4 is 0 Å². The van der Waals surface area contributed by atoms with Crippen LogP contribution in [0.2, 0.25) is 0 Å². The van der Waals surface area contributed by atoms with E-state index in [4.69, 9.17) is 0 Å². The number of hydrogen-bond donors (Lipinski definition) is 2. The molecule has 0 spiro atoms. The van der Waals surface area contributed by atoms with Crippen molar-refractivity contribution in [3.63, 3.8) is 0 Å². The van der Waals surface area contributed by atoms with Crippen molar-refractivity contribution >= 4 is 33.4 Å². The minimum Gasteiger partial charge on any atom is -0.507 e. The number of aryl methyl sites for hydroxylation is 1. The highest BCUT2D eigenvalue weighted by Gasteiger charge is 2.23. The van der Waals surface area contributed by atoms with Gasteiger partial charge in [-0.05, 0) is 58.8 Å². The van der Waals surface area contributed by atoms with Crippen LogP contribution in [-0.2, 0) is 6.54 Å². The highest BCUT2D eigenvalue weighted by molar-refractivity contribution is 6.14. The maximum atomic E-state index is 12.0. The number of carbonyl (C=O) groups excluding carboxylic acids is 2. The predicted octanol–water partition coefficient (Wildman–Crippen LogP) is 4.10. The van der Waals surface area contributed by atoms with Crippen molar-refractivity contribution < 1.29 is 19.8 Å². The van der Waals surface area contributed by atoms with Gasteiger partial charge in [0.15, 0.2) is 11.6 Å². The van der Waals surface area contributed by atoms with Crippen LogP contribution >= 0.6 is 0 Å². The first-order chi connectivity index (χ1) is 13.8. The smallest absolute Gasteiger partial charge is 0.163 e. The summed E-state index contributed by atoms with van der Waals surface area (Å²) in [4.78, 5) is 26.3. The van der Waals surface area contributed by atoms with E-state index in [1.54, 1.807) is 24.3 Å². The van der Waals surface area contributed by atoms with E-state index < -0.39 is 0 Å². The van der Waals surface area contributed by atoms with Crippen LogP contribution in [0.25, 0.3) is 21.8 Å². The molecule has 1 atom stereocenters. The van der Waals surface area contributed by atoms with Crippen LogP contribution in [0.3, 0.4) is 0 Å². The van der Waals surface area contributed by atoms with Gasteiger partial charge in [0.05, 0.1) is 22.2 Å². The van der Waals surface area contributed by atoms with E-state index in [1.165, 1.54) is 20.3 Å². The molecule has 0 bridgehead atoms. The Balaban J connectivity index is 1.93. The van der Waals surface area contributed by atoms with E-state index in [0.717, 1.165) is 41.2 Å².